The molecule has 3 nitrogen and oxygen atoms in total. The van der Waals surface area contributed by atoms with Crippen LogP contribution in [-0.4, -0.2) is 29.9 Å². The third-order valence-electron chi connectivity index (χ3n) is 4.56. The molecule has 116 valence electrons. The SMILES string of the molecule is CNCC(O)CC1(O)c2ccccc2CCc2ccccc21. The summed E-state index contributed by atoms with van der Waals surface area (Å²) in [5, 5.41) is 24.8. The summed E-state index contributed by atoms with van der Waals surface area (Å²) in [7, 11) is 1.81. The van der Waals surface area contributed by atoms with Crippen LogP contribution in [0.2, 0.25) is 0 Å². The minimum absolute atomic E-state index is 0.294. The van der Waals surface area contributed by atoms with Crippen LogP contribution in [0, 0.1) is 0 Å². The van der Waals surface area contributed by atoms with Gasteiger partial charge in [0.2, 0.25) is 0 Å². The van der Waals surface area contributed by atoms with E-state index in [9.17, 15) is 10.2 Å². The van der Waals surface area contributed by atoms with Crippen molar-refractivity contribution >= 4 is 0 Å². The molecule has 0 aliphatic heterocycles. The van der Waals surface area contributed by atoms with E-state index in [1.807, 2.05) is 43.4 Å². The first kappa shape index (κ1) is 15.2. The van der Waals surface area contributed by atoms with Gasteiger partial charge in [-0.1, -0.05) is 48.5 Å². The topological polar surface area (TPSA) is 52.5 Å². The van der Waals surface area contributed by atoms with Crippen LogP contribution in [0.25, 0.3) is 0 Å². The minimum atomic E-state index is -1.14. The van der Waals surface area contributed by atoms with Crippen LogP contribution in [0.5, 0.6) is 0 Å². The van der Waals surface area contributed by atoms with E-state index in [4.69, 9.17) is 0 Å². The molecule has 1 atom stereocenters. The van der Waals surface area contributed by atoms with Gasteiger partial charge in [-0.15, -0.1) is 0 Å². The van der Waals surface area contributed by atoms with Gasteiger partial charge in [0.15, 0.2) is 0 Å². The van der Waals surface area contributed by atoms with E-state index >= 15 is 0 Å². The van der Waals surface area contributed by atoms with Gasteiger partial charge < -0.3 is 15.5 Å². The summed E-state index contributed by atoms with van der Waals surface area (Å²) >= 11 is 0. The van der Waals surface area contributed by atoms with Gasteiger partial charge in [-0.3, -0.25) is 0 Å². The lowest BCUT2D eigenvalue weighted by Gasteiger charge is -2.33. The van der Waals surface area contributed by atoms with Gasteiger partial charge in [0.05, 0.1) is 6.10 Å². The summed E-state index contributed by atoms with van der Waals surface area (Å²) in [6.07, 6.45) is 1.52. The average Bonchev–Trinajstić information content (AvgIpc) is 2.64. The van der Waals surface area contributed by atoms with E-state index in [0.717, 1.165) is 35.1 Å². The molecule has 0 fully saturated rings. The highest BCUT2D eigenvalue weighted by Gasteiger charge is 2.38. The molecule has 3 heteroatoms. The first-order valence-corrected chi connectivity index (χ1v) is 7.87. The van der Waals surface area contributed by atoms with Crippen LogP contribution in [-0.2, 0) is 18.4 Å². The van der Waals surface area contributed by atoms with E-state index in [-0.39, 0.29) is 0 Å². The Balaban J connectivity index is 2.13. The number of benzene rings is 2. The lowest BCUT2D eigenvalue weighted by molar-refractivity contribution is 0.0180. The summed E-state index contributed by atoms with van der Waals surface area (Å²) in [6, 6.07) is 16.1. The zero-order valence-electron chi connectivity index (χ0n) is 12.9. The molecular weight excluding hydrogens is 274 g/mol. The Bertz CT molecular complexity index is 606. The van der Waals surface area contributed by atoms with Crippen LogP contribution in [0.15, 0.2) is 48.5 Å². The Morgan fingerprint density at radius 3 is 2.00 bits per heavy atom. The number of fused-ring (bicyclic) bond motifs is 2. The van der Waals surface area contributed by atoms with Crippen LogP contribution in [0.1, 0.15) is 28.7 Å². The Labute approximate surface area is 131 Å². The van der Waals surface area contributed by atoms with Crippen LogP contribution >= 0.6 is 0 Å². The van der Waals surface area contributed by atoms with Gasteiger partial charge >= 0.3 is 0 Å². The van der Waals surface area contributed by atoms with Crippen molar-refractivity contribution in [3.63, 3.8) is 0 Å². The van der Waals surface area contributed by atoms with Crippen molar-refractivity contribution < 1.29 is 10.2 Å². The zero-order valence-corrected chi connectivity index (χ0v) is 12.9. The third-order valence-corrected chi connectivity index (χ3v) is 4.56. The van der Waals surface area contributed by atoms with Gasteiger partial charge in [0.25, 0.3) is 0 Å². The van der Waals surface area contributed by atoms with Crippen molar-refractivity contribution in [3.8, 4) is 0 Å². The van der Waals surface area contributed by atoms with Gasteiger partial charge in [0.1, 0.15) is 5.60 Å². The molecule has 0 radical (unpaired) electrons. The fraction of sp³-hybridized carbons (Fsp3) is 0.368. The molecule has 0 aromatic heterocycles. The molecule has 1 aliphatic carbocycles. The molecule has 2 aromatic rings. The standard InChI is InChI=1S/C19H23NO2/c1-20-13-16(21)12-19(22)17-8-4-2-6-14(17)10-11-15-7-3-5-9-18(15)19/h2-9,16,20-22H,10-13H2,1H3. The number of likely N-dealkylation sites (N-methyl/N-ethyl adjacent to an activating group) is 1. The predicted molar refractivity (Wildman–Crippen MR) is 87.8 cm³/mol. The van der Waals surface area contributed by atoms with E-state index in [1.54, 1.807) is 0 Å². The van der Waals surface area contributed by atoms with E-state index in [2.05, 4.69) is 17.4 Å². The second-order valence-corrected chi connectivity index (χ2v) is 6.09. The molecule has 0 bridgehead atoms. The highest BCUT2D eigenvalue weighted by molar-refractivity contribution is 5.47. The van der Waals surface area contributed by atoms with E-state index in [0.29, 0.717) is 13.0 Å². The number of hydrogen-bond acceptors (Lipinski definition) is 3. The van der Waals surface area contributed by atoms with Crippen molar-refractivity contribution in [1.82, 2.24) is 5.32 Å². The Kier molecular flexibility index (Phi) is 4.30. The molecule has 0 amide bonds. The van der Waals surface area contributed by atoms with Crippen molar-refractivity contribution in [2.75, 3.05) is 13.6 Å². The van der Waals surface area contributed by atoms with Crippen LogP contribution in [0.4, 0.5) is 0 Å². The number of aryl methyl sites for hydroxylation is 2. The normalized spacial score (nSPS) is 17.2. The van der Waals surface area contributed by atoms with Crippen molar-refractivity contribution in [3.05, 3.63) is 70.8 Å². The lowest BCUT2D eigenvalue weighted by atomic mass is 9.79. The number of hydrogen-bond donors (Lipinski definition) is 3. The van der Waals surface area contributed by atoms with Crippen molar-refractivity contribution in [1.29, 1.82) is 0 Å². The number of aliphatic hydroxyl groups is 2. The van der Waals surface area contributed by atoms with E-state index in [1.165, 1.54) is 0 Å². The molecule has 0 saturated heterocycles. The molecule has 0 heterocycles. The monoisotopic (exact) mass is 297 g/mol. The van der Waals surface area contributed by atoms with Gasteiger partial charge in [-0.25, -0.2) is 0 Å². The maximum absolute atomic E-state index is 11.6. The highest BCUT2D eigenvalue weighted by Crippen LogP contribution is 2.40. The van der Waals surface area contributed by atoms with Gasteiger partial charge in [-0.05, 0) is 42.1 Å². The molecule has 3 rings (SSSR count). The number of rotatable bonds is 4. The quantitative estimate of drug-likeness (QED) is 0.809. The summed E-state index contributed by atoms with van der Waals surface area (Å²) in [5.74, 6) is 0. The first-order valence-electron chi connectivity index (χ1n) is 7.87. The highest BCUT2D eigenvalue weighted by atomic mass is 16.3. The van der Waals surface area contributed by atoms with Crippen molar-refractivity contribution in [2.24, 2.45) is 0 Å². The van der Waals surface area contributed by atoms with Crippen LogP contribution < -0.4 is 5.32 Å². The summed E-state index contributed by atoms with van der Waals surface area (Å²) in [5.41, 5.74) is 3.04. The molecule has 22 heavy (non-hydrogen) atoms. The third kappa shape index (κ3) is 2.68. The Morgan fingerprint density at radius 2 is 1.50 bits per heavy atom. The Hall–Kier alpha value is -1.68. The Morgan fingerprint density at radius 1 is 1.00 bits per heavy atom. The molecule has 1 unspecified atom stereocenters. The molecule has 2 aromatic carbocycles. The van der Waals surface area contributed by atoms with Gasteiger partial charge in [-0.2, -0.15) is 0 Å². The largest absolute Gasteiger partial charge is 0.392 e. The molecule has 0 spiro atoms. The summed E-state index contributed by atoms with van der Waals surface area (Å²) in [6.45, 7) is 0.465. The number of nitrogens with one attached hydrogen (secondary N) is 1. The second kappa shape index (κ2) is 6.21. The second-order valence-electron chi connectivity index (χ2n) is 6.09. The summed E-state index contributed by atoms with van der Waals surface area (Å²) < 4.78 is 0. The fourth-order valence-electron chi connectivity index (χ4n) is 3.57. The minimum Gasteiger partial charge on any atom is -0.392 e. The molecule has 3 N–H and O–H groups in total. The zero-order chi connectivity index (χ0) is 15.6. The van der Waals surface area contributed by atoms with E-state index < -0.39 is 11.7 Å². The molecule has 0 saturated carbocycles. The molecule has 1 aliphatic rings. The van der Waals surface area contributed by atoms with Crippen LogP contribution in [0.3, 0.4) is 0 Å². The van der Waals surface area contributed by atoms with Crippen molar-refractivity contribution in [2.45, 2.75) is 31.0 Å². The lowest BCUT2D eigenvalue weighted by Crippen LogP contribution is -2.36. The van der Waals surface area contributed by atoms with Gasteiger partial charge in [0, 0.05) is 13.0 Å². The molecular formula is C19H23NO2. The predicted octanol–water partition coefficient (Wildman–Crippen LogP) is 1.99. The first-order chi connectivity index (χ1) is 10.6. The summed E-state index contributed by atoms with van der Waals surface area (Å²) in [4.78, 5) is 0. The maximum atomic E-state index is 11.6. The number of aliphatic hydroxyl groups excluding tert-OH is 1. The fourth-order valence-corrected chi connectivity index (χ4v) is 3.57. The average molecular weight is 297 g/mol. The smallest absolute Gasteiger partial charge is 0.118 e. The maximum Gasteiger partial charge on any atom is 0.118 e.